The number of carbonyl (C=O) groups excluding carboxylic acids is 1. The van der Waals surface area contributed by atoms with Gasteiger partial charge in [0.15, 0.2) is 0 Å². The quantitative estimate of drug-likeness (QED) is 0.572. The maximum atomic E-state index is 14.0. The smallest absolute Gasteiger partial charge is 0.270 e. The first-order valence-electron chi connectivity index (χ1n) is 11.0. The number of nitrogens with one attached hydrogen (secondary N) is 1. The van der Waals surface area contributed by atoms with Gasteiger partial charge in [-0.1, -0.05) is 24.0 Å². The van der Waals surface area contributed by atoms with Crippen LogP contribution in [0.1, 0.15) is 45.3 Å². The van der Waals surface area contributed by atoms with Crippen LogP contribution in [0.25, 0.3) is 0 Å². The second kappa shape index (κ2) is 10.0. The Morgan fingerprint density at radius 1 is 1.15 bits per heavy atom. The van der Waals surface area contributed by atoms with Crippen LogP contribution in [-0.2, 0) is 0 Å². The second-order valence-corrected chi connectivity index (χ2v) is 8.56. The zero-order valence-electron chi connectivity index (χ0n) is 19.0. The van der Waals surface area contributed by atoms with Crippen LogP contribution < -0.4 is 5.32 Å². The van der Waals surface area contributed by atoms with Gasteiger partial charge in [0.1, 0.15) is 23.1 Å². The number of hydrogen-bond acceptors (Lipinski definition) is 4. The van der Waals surface area contributed by atoms with Gasteiger partial charge in [-0.2, -0.15) is 0 Å². The number of hydrogen-bond donors (Lipinski definition) is 2. The van der Waals surface area contributed by atoms with Crippen LogP contribution in [0.4, 0.5) is 8.78 Å². The van der Waals surface area contributed by atoms with E-state index in [2.05, 4.69) is 34.1 Å². The van der Waals surface area contributed by atoms with E-state index in [4.69, 9.17) is 0 Å². The summed E-state index contributed by atoms with van der Waals surface area (Å²) in [5.41, 5.74) is 2.09. The molecule has 4 rings (SSSR count). The van der Waals surface area contributed by atoms with Crippen LogP contribution in [-0.4, -0.2) is 41.0 Å². The van der Waals surface area contributed by atoms with Gasteiger partial charge in [-0.25, -0.2) is 13.8 Å². The zero-order chi connectivity index (χ0) is 24.2. The van der Waals surface area contributed by atoms with E-state index >= 15 is 0 Å². The third kappa shape index (κ3) is 5.59. The Hall–Kier alpha value is -3.76. The summed E-state index contributed by atoms with van der Waals surface area (Å²) < 4.78 is 27.5. The maximum Gasteiger partial charge on any atom is 0.270 e. The van der Waals surface area contributed by atoms with Crippen molar-refractivity contribution in [1.82, 2.24) is 15.2 Å². The van der Waals surface area contributed by atoms with E-state index in [1.807, 2.05) is 6.07 Å². The molecule has 7 heteroatoms. The number of nitrogens with zero attached hydrogens (tertiary/aromatic N) is 2. The fourth-order valence-electron chi connectivity index (χ4n) is 4.05. The molecule has 1 fully saturated rings. The number of aromatic hydroxyl groups is 1. The van der Waals surface area contributed by atoms with Crippen molar-refractivity contribution in [3.8, 4) is 17.6 Å². The number of aromatic nitrogens is 1. The molecule has 34 heavy (non-hydrogen) atoms. The predicted molar refractivity (Wildman–Crippen MR) is 125 cm³/mol. The minimum absolute atomic E-state index is 0.149. The van der Waals surface area contributed by atoms with E-state index in [-0.39, 0.29) is 22.9 Å². The van der Waals surface area contributed by atoms with E-state index in [0.29, 0.717) is 16.8 Å². The number of amides is 1. The first kappa shape index (κ1) is 23.4. The Balaban J connectivity index is 1.64. The zero-order valence-corrected chi connectivity index (χ0v) is 19.0. The largest absolute Gasteiger partial charge is 0.508 e. The summed E-state index contributed by atoms with van der Waals surface area (Å²) in [5.74, 6) is 4.98. The highest BCUT2D eigenvalue weighted by atomic mass is 19.1. The Morgan fingerprint density at radius 2 is 1.88 bits per heavy atom. The number of carbonyl (C=O) groups is 1. The standard InChI is InChI=1S/C27H25F2N3O2/c1-17-13-19(4-3-18-11-12-32(2)16-18)14-24(30-17)27(34)31-26(20-5-7-21(28)8-6-20)23-15-22(29)9-10-25(23)33/h5-10,13-15,18,26,33H,11-12,16H2,1-2H3,(H,31,34)/t18-,26?/m1/s1. The number of rotatable bonds is 4. The molecule has 2 aromatic carbocycles. The molecule has 1 aliphatic rings. The first-order chi connectivity index (χ1) is 16.3. The van der Waals surface area contributed by atoms with Crippen molar-refractivity contribution in [1.29, 1.82) is 0 Å². The van der Waals surface area contributed by atoms with Gasteiger partial charge in [-0.15, -0.1) is 0 Å². The summed E-state index contributed by atoms with van der Waals surface area (Å²) in [6.45, 7) is 3.71. The van der Waals surface area contributed by atoms with E-state index in [1.54, 1.807) is 13.0 Å². The summed E-state index contributed by atoms with van der Waals surface area (Å²) in [6, 6.07) is 11.4. The molecule has 1 aliphatic heterocycles. The Labute approximate surface area is 197 Å². The number of likely N-dealkylation sites (tertiary alicyclic amines) is 1. The lowest BCUT2D eigenvalue weighted by Crippen LogP contribution is -2.30. The molecule has 0 radical (unpaired) electrons. The van der Waals surface area contributed by atoms with E-state index in [1.165, 1.54) is 30.3 Å². The van der Waals surface area contributed by atoms with Gasteiger partial charge in [0.2, 0.25) is 0 Å². The monoisotopic (exact) mass is 461 g/mol. The Bertz CT molecular complexity index is 1270. The Kier molecular flexibility index (Phi) is 6.90. The lowest BCUT2D eigenvalue weighted by atomic mass is 9.97. The number of phenolic OH excluding ortho intramolecular Hbond substituents is 1. The number of phenols is 1. The summed E-state index contributed by atoms with van der Waals surface area (Å²) in [7, 11) is 2.06. The van der Waals surface area contributed by atoms with Crippen molar-refractivity contribution in [2.45, 2.75) is 19.4 Å². The van der Waals surface area contributed by atoms with Crippen LogP contribution in [0, 0.1) is 36.3 Å². The summed E-state index contributed by atoms with van der Waals surface area (Å²) in [5, 5.41) is 13.2. The number of aryl methyl sites for hydroxylation is 1. The summed E-state index contributed by atoms with van der Waals surface area (Å²) in [6.07, 6.45) is 1.01. The summed E-state index contributed by atoms with van der Waals surface area (Å²) >= 11 is 0. The van der Waals surface area contributed by atoms with E-state index in [0.717, 1.165) is 31.6 Å². The fraction of sp³-hybridized carbons (Fsp3) is 0.259. The highest BCUT2D eigenvalue weighted by Crippen LogP contribution is 2.30. The van der Waals surface area contributed by atoms with Gasteiger partial charge in [0, 0.05) is 29.3 Å². The SMILES string of the molecule is Cc1cc(C#C[C@@H]2CCN(C)C2)cc(C(=O)NC(c2ccc(F)cc2)c2cc(F)ccc2O)n1. The second-order valence-electron chi connectivity index (χ2n) is 8.56. The minimum atomic E-state index is -0.922. The molecule has 174 valence electrons. The lowest BCUT2D eigenvalue weighted by molar-refractivity contribution is 0.0937. The molecule has 1 amide bonds. The molecule has 1 unspecified atom stereocenters. The molecule has 2 heterocycles. The van der Waals surface area contributed by atoms with Crippen LogP contribution >= 0.6 is 0 Å². The van der Waals surface area contributed by atoms with Crippen molar-refractivity contribution in [3.05, 3.63) is 94.3 Å². The van der Waals surface area contributed by atoms with Crippen LogP contribution in [0.5, 0.6) is 5.75 Å². The third-order valence-corrected chi connectivity index (χ3v) is 5.78. The van der Waals surface area contributed by atoms with Crippen LogP contribution in [0.3, 0.4) is 0 Å². The molecular weight excluding hydrogens is 436 g/mol. The highest BCUT2D eigenvalue weighted by molar-refractivity contribution is 5.93. The van der Waals surface area contributed by atoms with Gasteiger partial charge < -0.3 is 15.3 Å². The minimum Gasteiger partial charge on any atom is -0.508 e. The van der Waals surface area contributed by atoms with Crippen molar-refractivity contribution < 1.29 is 18.7 Å². The van der Waals surface area contributed by atoms with Gasteiger partial charge in [0.25, 0.3) is 5.91 Å². The molecular formula is C27H25F2N3O2. The van der Waals surface area contributed by atoms with Crippen molar-refractivity contribution in [3.63, 3.8) is 0 Å². The van der Waals surface area contributed by atoms with Crippen molar-refractivity contribution in [2.75, 3.05) is 20.1 Å². The molecule has 1 aromatic heterocycles. The van der Waals surface area contributed by atoms with Crippen molar-refractivity contribution >= 4 is 5.91 Å². The van der Waals surface area contributed by atoms with E-state index in [9.17, 15) is 18.7 Å². The molecule has 5 nitrogen and oxygen atoms in total. The van der Waals surface area contributed by atoms with Crippen LogP contribution in [0.15, 0.2) is 54.6 Å². The molecule has 2 atom stereocenters. The predicted octanol–water partition coefficient (Wildman–Crippen LogP) is 4.20. The lowest BCUT2D eigenvalue weighted by Gasteiger charge is -2.21. The normalized spacial score (nSPS) is 16.5. The molecule has 3 aromatic rings. The molecule has 0 spiro atoms. The molecule has 1 saturated heterocycles. The third-order valence-electron chi connectivity index (χ3n) is 5.78. The van der Waals surface area contributed by atoms with Crippen molar-refractivity contribution in [2.24, 2.45) is 5.92 Å². The molecule has 0 saturated carbocycles. The summed E-state index contributed by atoms with van der Waals surface area (Å²) in [4.78, 5) is 19.8. The average molecular weight is 462 g/mol. The fourth-order valence-corrected chi connectivity index (χ4v) is 4.05. The van der Waals surface area contributed by atoms with E-state index < -0.39 is 23.6 Å². The van der Waals surface area contributed by atoms with Crippen LogP contribution in [0.2, 0.25) is 0 Å². The van der Waals surface area contributed by atoms with Gasteiger partial charge >= 0.3 is 0 Å². The average Bonchev–Trinajstić information content (AvgIpc) is 3.23. The molecule has 0 aliphatic carbocycles. The van der Waals surface area contributed by atoms with Gasteiger partial charge in [-0.3, -0.25) is 4.79 Å². The number of halogens is 2. The highest BCUT2D eigenvalue weighted by Gasteiger charge is 2.23. The number of benzene rings is 2. The van der Waals surface area contributed by atoms with Gasteiger partial charge in [0.05, 0.1) is 6.04 Å². The first-order valence-corrected chi connectivity index (χ1v) is 11.0. The topological polar surface area (TPSA) is 65.5 Å². The molecule has 2 N–H and O–H groups in total. The maximum absolute atomic E-state index is 14.0. The number of pyridine rings is 1. The Morgan fingerprint density at radius 3 is 2.59 bits per heavy atom. The van der Waals surface area contributed by atoms with Gasteiger partial charge in [-0.05, 0) is 75.0 Å². The molecule has 0 bridgehead atoms.